The lowest BCUT2D eigenvalue weighted by Crippen LogP contribution is -2.24. The fourth-order valence-electron chi connectivity index (χ4n) is 1.22. The van der Waals surface area contributed by atoms with E-state index < -0.39 is 0 Å². The number of H-pyrrole nitrogens is 1. The van der Waals surface area contributed by atoms with Gasteiger partial charge in [-0.15, -0.1) is 0 Å². The molecule has 1 aromatic rings. The van der Waals surface area contributed by atoms with Crippen LogP contribution in [0.15, 0.2) is 0 Å². The predicted octanol–water partition coefficient (Wildman–Crippen LogP) is 0.204. The summed E-state index contributed by atoms with van der Waals surface area (Å²) in [5.41, 5.74) is 5.50. The van der Waals surface area contributed by atoms with Crippen molar-refractivity contribution in [2.45, 2.75) is 6.10 Å². The van der Waals surface area contributed by atoms with E-state index in [0.29, 0.717) is 25.6 Å². The van der Waals surface area contributed by atoms with Crippen LogP contribution in [-0.2, 0) is 9.47 Å². The van der Waals surface area contributed by atoms with Gasteiger partial charge in [0.25, 0.3) is 0 Å². The number of nitrogens with two attached hydrogens (primary N) is 1. The van der Waals surface area contributed by atoms with Crippen LogP contribution in [-0.4, -0.2) is 34.8 Å². The van der Waals surface area contributed by atoms with Crippen molar-refractivity contribution in [3.63, 3.8) is 0 Å². The monoisotopic (exact) mass is 214 g/mol. The Kier molecular flexibility index (Phi) is 2.71. The second-order valence-electron chi connectivity index (χ2n) is 2.84. The molecule has 14 heavy (non-hydrogen) atoms. The highest BCUT2D eigenvalue weighted by Crippen LogP contribution is 2.16. The Balaban J connectivity index is 2.26. The third-order valence-corrected chi connectivity index (χ3v) is 1.99. The van der Waals surface area contributed by atoms with Crippen LogP contribution in [0.2, 0.25) is 0 Å². The van der Waals surface area contributed by atoms with E-state index >= 15 is 0 Å². The van der Waals surface area contributed by atoms with E-state index in [-0.39, 0.29) is 16.8 Å². The van der Waals surface area contributed by atoms with E-state index in [9.17, 15) is 0 Å². The molecule has 1 aliphatic rings. The van der Waals surface area contributed by atoms with Crippen molar-refractivity contribution >= 4 is 18.2 Å². The van der Waals surface area contributed by atoms with Gasteiger partial charge in [-0.25, -0.2) is 4.98 Å². The zero-order chi connectivity index (χ0) is 9.97. The Morgan fingerprint density at radius 1 is 1.43 bits per heavy atom. The van der Waals surface area contributed by atoms with Gasteiger partial charge in [0.2, 0.25) is 10.7 Å². The van der Waals surface area contributed by atoms with Crippen LogP contribution in [0, 0.1) is 4.77 Å². The molecule has 1 aromatic heterocycles. The molecule has 1 fully saturated rings. The van der Waals surface area contributed by atoms with Gasteiger partial charge in [-0.1, -0.05) is 0 Å². The molecule has 2 heterocycles. The number of rotatable bonds is 1. The lowest BCUT2D eigenvalue weighted by atomic mass is 10.3. The van der Waals surface area contributed by atoms with Crippen molar-refractivity contribution in [3.8, 4) is 0 Å². The summed E-state index contributed by atoms with van der Waals surface area (Å²) < 4.78 is 10.9. The average molecular weight is 214 g/mol. The summed E-state index contributed by atoms with van der Waals surface area (Å²) in [6, 6.07) is 0. The molecule has 76 valence electrons. The molecule has 0 radical (unpaired) electrons. The van der Waals surface area contributed by atoms with Gasteiger partial charge < -0.3 is 20.2 Å². The van der Waals surface area contributed by atoms with Gasteiger partial charge in [0.1, 0.15) is 11.9 Å². The number of nitrogens with zero attached hydrogens (tertiary/aromatic N) is 2. The molecule has 0 aromatic carbocycles. The van der Waals surface area contributed by atoms with Gasteiger partial charge in [-0.2, -0.15) is 4.98 Å². The molecular formula is C7H10N4O2S. The average Bonchev–Trinajstić information content (AvgIpc) is 2.18. The Bertz CT molecular complexity index is 374. The molecule has 1 atom stereocenters. The minimum Gasteiger partial charge on any atom is -0.376 e. The molecule has 7 heteroatoms. The first-order chi connectivity index (χ1) is 6.75. The number of hydrogen-bond donors (Lipinski definition) is 2. The van der Waals surface area contributed by atoms with Gasteiger partial charge in [0, 0.05) is 0 Å². The van der Waals surface area contributed by atoms with E-state index in [1.807, 2.05) is 0 Å². The molecule has 1 unspecified atom stereocenters. The van der Waals surface area contributed by atoms with E-state index in [0.717, 1.165) is 0 Å². The van der Waals surface area contributed by atoms with Crippen LogP contribution in [0.3, 0.4) is 0 Å². The van der Waals surface area contributed by atoms with E-state index in [2.05, 4.69) is 15.0 Å². The quantitative estimate of drug-likeness (QED) is 0.650. The summed E-state index contributed by atoms with van der Waals surface area (Å²) in [4.78, 5) is 10.6. The van der Waals surface area contributed by atoms with E-state index in [1.54, 1.807) is 0 Å². The summed E-state index contributed by atoms with van der Waals surface area (Å²) in [7, 11) is 0. The van der Waals surface area contributed by atoms with E-state index in [4.69, 9.17) is 27.4 Å². The highest BCUT2D eigenvalue weighted by Gasteiger charge is 2.18. The summed E-state index contributed by atoms with van der Waals surface area (Å²) in [5, 5.41) is 0. The first kappa shape index (κ1) is 9.50. The normalized spacial score (nSPS) is 22.1. The third kappa shape index (κ3) is 2.06. The summed E-state index contributed by atoms with van der Waals surface area (Å²) >= 11 is 4.84. The van der Waals surface area contributed by atoms with Gasteiger partial charge in [0.05, 0.1) is 19.8 Å². The number of aromatic nitrogens is 3. The molecule has 0 bridgehead atoms. The fourth-order valence-corrected chi connectivity index (χ4v) is 1.41. The number of ether oxygens (including phenoxy) is 2. The molecule has 0 amide bonds. The number of aromatic amines is 1. The van der Waals surface area contributed by atoms with Crippen molar-refractivity contribution < 1.29 is 9.47 Å². The number of anilines is 1. The SMILES string of the molecule is Nc1nc(=S)nc(C2COCCO2)[nH]1. The van der Waals surface area contributed by atoms with Gasteiger partial charge in [-0.3, -0.25) is 0 Å². The molecule has 6 nitrogen and oxygen atoms in total. The Labute approximate surface area is 85.5 Å². The maximum absolute atomic E-state index is 5.50. The lowest BCUT2D eigenvalue weighted by Gasteiger charge is -2.21. The maximum Gasteiger partial charge on any atom is 0.224 e. The Morgan fingerprint density at radius 3 is 2.93 bits per heavy atom. The van der Waals surface area contributed by atoms with Crippen LogP contribution < -0.4 is 5.73 Å². The number of hydrogen-bond acceptors (Lipinski definition) is 6. The first-order valence-corrected chi connectivity index (χ1v) is 4.59. The standard InChI is InChI=1S/C7H10N4O2S/c8-6-9-5(10-7(14)11-6)4-3-12-1-2-13-4/h4H,1-3H2,(H3,8,9,10,11,14). The van der Waals surface area contributed by atoms with Crippen molar-refractivity contribution in [2.75, 3.05) is 25.6 Å². The molecule has 0 spiro atoms. The highest BCUT2D eigenvalue weighted by atomic mass is 32.1. The lowest BCUT2D eigenvalue weighted by molar-refractivity contribution is -0.0935. The van der Waals surface area contributed by atoms with Gasteiger partial charge in [-0.05, 0) is 12.2 Å². The second-order valence-corrected chi connectivity index (χ2v) is 3.20. The molecular weight excluding hydrogens is 204 g/mol. The van der Waals surface area contributed by atoms with Gasteiger partial charge in [0.15, 0.2) is 0 Å². The summed E-state index contributed by atoms with van der Waals surface area (Å²) in [6.45, 7) is 1.62. The summed E-state index contributed by atoms with van der Waals surface area (Å²) in [6.07, 6.45) is -0.226. The van der Waals surface area contributed by atoms with Crippen LogP contribution in [0.1, 0.15) is 11.9 Å². The van der Waals surface area contributed by atoms with E-state index in [1.165, 1.54) is 0 Å². The summed E-state index contributed by atoms with van der Waals surface area (Å²) in [5.74, 6) is 0.816. The smallest absolute Gasteiger partial charge is 0.224 e. The fraction of sp³-hybridized carbons (Fsp3) is 0.571. The number of nitrogens with one attached hydrogen (secondary N) is 1. The molecule has 1 saturated heterocycles. The van der Waals surface area contributed by atoms with Crippen molar-refractivity contribution in [1.29, 1.82) is 0 Å². The van der Waals surface area contributed by atoms with Crippen LogP contribution in [0.25, 0.3) is 0 Å². The first-order valence-electron chi connectivity index (χ1n) is 4.19. The highest BCUT2D eigenvalue weighted by molar-refractivity contribution is 7.71. The Hall–Kier alpha value is -1.05. The molecule has 0 saturated carbocycles. The minimum atomic E-state index is -0.226. The topological polar surface area (TPSA) is 86.1 Å². The number of nitrogen functional groups attached to an aromatic ring is 1. The second kappa shape index (κ2) is 3.99. The van der Waals surface area contributed by atoms with Gasteiger partial charge >= 0.3 is 0 Å². The third-order valence-electron chi connectivity index (χ3n) is 1.81. The minimum absolute atomic E-state index is 0.213. The molecule has 3 N–H and O–H groups in total. The molecule has 1 aliphatic heterocycles. The largest absolute Gasteiger partial charge is 0.376 e. The predicted molar refractivity (Wildman–Crippen MR) is 51.1 cm³/mol. The van der Waals surface area contributed by atoms with Crippen LogP contribution >= 0.6 is 12.2 Å². The van der Waals surface area contributed by atoms with Crippen LogP contribution in [0.5, 0.6) is 0 Å². The zero-order valence-electron chi connectivity index (χ0n) is 7.40. The van der Waals surface area contributed by atoms with Crippen LogP contribution in [0.4, 0.5) is 5.95 Å². The van der Waals surface area contributed by atoms with Crippen molar-refractivity contribution in [3.05, 3.63) is 10.6 Å². The molecule has 0 aliphatic carbocycles. The van der Waals surface area contributed by atoms with Crippen molar-refractivity contribution in [2.24, 2.45) is 0 Å². The van der Waals surface area contributed by atoms with Crippen molar-refractivity contribution in [1.82, 2.24) is 15.0 Å². The zero-order valence-corrected chi connectivity index (χ0v) is 8.21. The molecule has 2 rings (SSSR count). The Morgan fingerprint density at radius 2 is 2.29 bits per heavy atom. The maximum atomic E-state index is 5.50.